The molecule has 0 N–H and O–H groups in total. The summed E-state index contributed by atoms with van der Waals surface area (Å²) < 4.78 is 6.39. The Hall–Kier alpha value is -6.12. The van der Waals surface area contributed by atoms with E-state index in [0.717, 1.165) is 39.0 Å². The molecule has 0 unspecified atom stereocenters. The van der Waals surface area contributed by atoms with Gasteiger partial charge in [-0.1, -0.05) is 121 Å². The molecule has 0 aliphatic heterocycles. The minimum Gasteiger partial charge on any atom is -0.456 e. The van der Waals surface area contributed by atoms with Crippen LogP contribution in [0.15, 0.2) is 180 Å². The van der Waals surface area contributed by atoms with Crippen LogP contribution >= 0.6 is 0 Å². The molecule has 0 saturated carbocycles. The first-order chi connectivity index (χ1) is 22.8. The van der Waals surface area contributed by atoms with Crippen LogP contribution in [-0.4, -0.2) is 0 Å². The predicted molar refractivity (Wildman–Crippen MR) is 194 cm³/mol. The van der Waals surface area contributed by atoms with E-state index in [9.17, 15) is 0 Å². The summed E-state index contributed by atoms with van der Waals surface area (Å²) >= 11 is 0. The Labute approximate surface area is 267 Å². The molecule has 0 aliphatic rings. The monoisotopic (exact) mass is 587 g/mol. The molecule has 1 aromatic heterocycles. The Balaban J connectivity index is 1.25. The second-order valence-corrected chi connectivity index (χ2v) is 11.8. The number of hydrogen-bond acceptors (Lipinski definition) is 2. The maximum absolute atomic E-state index is 6.39. The number of para-hydroxylation sites is 1. The summed E-state index contributed by atoms with van der Waals surface area (Å²) in [5, 5.41) is 7.08. The molecule has 0 radical (unpaired) electrons. The van der Waals surface area contributed by atoms with Crippen molar-refractivity contribution in [1.29, 1.82) is 0 Å². The van der Waals surface area contributed by atoms with Crippen molar-refractivity contribution < 1.29 is 4.42 Å². The van der Waals surface area contributed by atoms with Gasteiger partial charge in [-0.3, -0.25) is 0 Å². The van der Waals surface area contributed by atoms with Gasteiger partial charge < -0.3 is 9.32 Å². The zero-order valence-electron chi connectivity index (χ0n) is 25.1. The van der Waals surface area contributed by atoms with E-state index in [1.54, 1.807) is 0 Å². The van der Waals surface area contributed by atoms with Gasteiger partial charge in [0.2, 0.25) is 0 Å². The van der Waals surface area contributed by atoms with Crippen molar-refractivity contribution in [2.24, 2.45) is 0 Å². The summed E-state index contributed by atoms with van der Waals surface area (Å²) in [5.74, 6) is 0. The largest absolute Gasteiger partial charge is 0.456 e. The van der Waals surface area contributed by atoms with Gasteiger partial charge in [-0.25, -0.2) is 0 Å². The smallest absolute Gasteiger partial charge is 0.136 e. The van der Waals surface area contributed by atoms with Crippen LogP contribution in [0.2, 0.25) is 0 Å². The van der Waals surface area contributed by atoms with Crippen LogP contribution in [0.5, 0.6) is 0 Å². The van der Waals surface area contributed by atoms with Gasteiger partial charge in [-0.15, -0.1) is 0 Å². The Morgan fingerprint density at radius 1 is 0.348 bits per heavy atom. The fraction of sp³-hybridized carbons (Fsp3) is 0. The molecule has 8 aromatic carbocycles. The number of furan rings is 1. The summed E-state index contributed by atoms with van der Waals surface area (Å²) in [7, 11) is 0. The molecule has 0 saturated heterocycles. The molecule has 216 valence electrons. The van der Waals surface area contributed by atoms with Gasteiger partial charge in [-0.05, 0) is 92.8 Å². The Morgan fingerprint density at radius 2 is 0.935 bits per heavy atom. The Morgan fingerprint density at radius 3 is 1.74 bits per heavy atom. The van der Waals surface area contributed by atoms with Crippen LogP contribution in [0.3, 0.4) is 0 Å². The van der Waals surface area contributed by atoms with Crippen LogP contribution in [-0.2, 0) is 0 Å². The van der Waals surface area contributed by atoms with Gasteiger partial charge in [0, 0.05) is 27.7 Å². The van der Waals surface area contributed by atoms with E-state index in [2.05, 4.69) is 181 Å². The number of nitrogens with zero attached hydrogens (tertiary/aromatic N) is 1. The van der Waals surface area contributed by atoms with E-state index in [1.165, 1.54) is 43.8 Å². The van der Waals surface area contributed by atoms with Gasteiger partial charge in [0.1, 0.15) is 11.2 Å². The Bertz CT molecular complexity index is 2530. The molecule has 46 heavy (non-hydrogen) atoms. The lowest BCUT2D eigenvalue weighted by Crippen LogP contribution is -2.11. The first-order valence-corrected chi connectivity index (χ1v) is 15.7. The highest BCUT2D eigenvalue weighted by molar-refractivity contribution is 6.11. The highest BCUT2D eigenvalue weighted by atomic mass is 16.3. The maximum Gasteiger partial charge on any atom is 0.136 e. The second kappa shape index (κ2) is 10.8. The zero-order chi connectivity index (χ0) is 30.5. The first kappa shape index (κ1) is 26.3. The molecule has 0 amide bonds. The summed E-state index contributed by atoms with van der Waals surface area (Å²) in [6.07, 6.45) is 0. The average Bonchev–Trinajstić information content (AvgIpc) is 3.48. The molecular weight excluding hydrogens is 558 g/mol. The van der Waals surface area contributed by atoms with Gasteiger partial charge in [-0.2, -0.15) is 0 Å². The lowest BCUT2D eigenvalue weighted by molar-refractivity contribution is 0.669. The molecule has 0 aliphatic carbocycles. The fourth-order valence-electron chi connectivity index (χ4n) is 6.72. The number of hydrogen-bond donors (Lipinski definition) is 0. The predicted octanol–water partition coefficient (Wildman–Crippen LogP) is 12.7. The third-order valence-electron chi connectivity index (χ3n) is 9.02. The molecule has 0 spiro atoms. The molecule has 1 heterocycles. The SMILES string of the molecule is c1ccc(-c2ccc(N(c3ccc4oc5cc6ccccc6cc5c4c3)c3ccccc3-c3ccc4ccccc4c3)cc2)cc1. The second-order valence-electron chi connectivity index (χ2n) is 11.8. The van der Waals surface area contributed by atoms with Crippen LogP contribution in [0.4, 0.5) is 17.1 Å². The van der Waals surface area contributed by atoms with Crippen molar-refractivity contribution in [1.82, 2.24) is 0 Å². The lowest BCUT2D eigenvalue weighted by Gasteiger charge is -2.28. The fourth-order valence-corrected chi connectivity index (χ4v) is 6.72. The van der Waals surface area contributed by atoms with Crippen LogP contribution in [0, 0.1) is 0 Å². The first-order valence-electron chi connectivity index (χ1n) is 15.7. The van der Waals surface area contributed by atoms with E-state index in [4.69, 9.17) is 4.42 Å². The van der Waals surface area contributed by atoms with Gasteiger partial charge in [0.15, 0.2) is 0 Å². The topological polar surface area (TPSA) is 16.4 Å². The summed E-state index contributed by atoms with van der Waals surface area (Å²) in [4.78, 5) is 2.37. The van der Waals surface area contributed by atoms with E-state index < -0.39 is 0 Å². The summed E-state index contributed by atoms with van der Waals surface area (Å²) in [6.45, 7) is 0. The summed E-state index contributed by atoms with van der Waals surface area (Å²) in [5.41, 5.74) is 9.81. The van der Waals surface area contributed by atoms with Crippen LogP contribution in [0.25, 0.3) is 65.7 Å². The lowest BCUT2D eigenvalue weighted by atomic mass is 9.98. The van der Waals surface area contributed by atoms with Gasteiger partial charge in [0.05, 0.1) is 5.69 Å². The minimum atomic E-state index is 0.885. The molecule has 9 rings (SSSR count). The molecule has 9 aromatic rings. The molecule has 0 bridgehead atoms. The van der Waals surface area contributed by atoms with Gasteiger partial charge >= 0.3 is 0 Å². The normalized spacial score (nSPS) is 11.5. The highest BCUT2D eigenvalue weighted by Gasteiger charge is 2.19. The minimum absolute atomic E-state index is 0.885. The van der Waals surface area contributed by atoms with Crippen molar-refractivity contribution in [3.8, 4) is 22.3 Å². The third-order valence-corrected chi connectivity index (χ3v) is 9.02. The van der Waals surface area contributed by atoms with Crippen molar-refractivity contribution in [2.45, 2.75) is 0 Å². The highest BCUT2D eigenvalue weighted by Crippen LogP contribution is 2.44. The van der Waals surface area contributed by atoms with Crippen LogP contribution in [0.1, 0.15) is 0 Å². The van der Waals surface area contributed by atoms with Crippen molar-refractivity contribution in [3.63, 3.8) is 0 Å². The van der Waals surface area contributed by atoms with Gasteiger partial charge in [0.25, 0.3) is 0 Å². The van der Waals surface area contributed by atoms with Crippen molar-refractivity contribution >= 4 is 60.5 Å². The molecular formula is C44H29NO. The van der Waals surface area contributed by atoms with E-state index >= 15 is 0 Å². The van der Waals surface area contributed by atoms with E-state index in [0.29, 0.717) is 0 Å². The standard InChI is InChI=1S/C44H29NO/c1-2-10-30(11-3-1)32-20-22-37(23-21-32)45(42-17-9-8-16-39(42)36-19-18-31-12-4-5-13-33(31)26-36)38-24-25-43-41(29-38)40-27-34-14-6-7-15-35(34)28-44(40)46-43/h1-29H. The summed E-state index contributed by atoms with van der Waals surface area (Å²) in [6, 6.07) is 62.8. The van der Waals surface area contributed by atoms with Crippen molar-refractivity contribution in [3.05, 3.63) is 176 Å². The third kappa shape index (κ3) is 4.51. The quantitative estimate of drug-likeness (QED) is 0.199. The van der Waals surface area contributed by atoms with Crippen molar-refractivity contribution in [2.75, 3.05) is 4.90 Å². The zero-order valence-corrected chi connectivity index (χ0v) is 25.1. The molecule has 2 heteroatoms. The number of anilines is 3. The number of benzene rings is 8. The van der Waals surface area contributed by atoms with E-state index in [1.807, 2.05) is 0 Å². The maximum atomic E-state index is 6.39. The van der Waals surface area contributed by atoms with E-state index in [-0.39, 0.29) is 0 Å². The molecule has 0 fully saturated rings. The van der Waals surface area contributed by atoms with Crippen LogP contribution < -0.4 is 4.90 Å². The average molecular weight is 588 g/mol. The molecule has 0 atom stereocenters. The Kier molecular flexibility index (Phi) is 6.17. The number of fused-ring (bicyclic) bond motifs is 5. The molecule has 2 nitrogen and oxygen atoms in total. The number of rotatable bonds is 5.